The Balaban J connectivity index is 2.03. The molecular formula is C28H32FN3O5S. The first-order valence-corrected chi connectivity index (χ1v) is 13.6. The maximum Gasteiger partial charge on any atom is 0.264 e. The molecule has 0 spiro atoms. The van der Waals surface area contributed by atoms with Gasteiger partial charge < -0.3 is 15.0 Å². The third kappa shape index (κ3) is 6.69. The van der Waals surface area contributed by atoms with E-state index in [2.05, 4.69) is 5.32 Å². The quantitative estimate of drug-likeness (QED) is 0.397. The molecule has 10 heteroatoms. The number of amides is 2. The van der Waals surface area contributed by atoms with Crippen LogP contribution in [0.5, 0.6) is 5.75 Å². The van der Waals surface area contributed by atoms with Crippen LogP contribution in [0.4, 0.5) is 10.1 Å². The van der Waals surface area contributed by atoms with E-state index in [9.17, 15) is 22.4 Å². The molecule has 0 aliphatic carbocycles. The monoisotopic (exact) mass is 541 g/mol. The van der Waals surface area contributed by atoms with E-state index in [1.807, 2.05) is 6.92 Å². The largest absolute Gasteiger partial charge is 0.497 e. The molecule has 2 amide bonds. The zero-order chi connectivity index (χ0) is 27.9. The molecule has 0 unspecified atom stereocenters. The molecule has 3 aromatic rings. The van der Waals surface area contributed by atoms with Gasteiger partial charge in [-0.15, -0.1) is 0 Å². The van der Waals surface area contributed by atoms with Gasteiger partial charge in [-0.2, -0.15) is 0 Å². The fourth-order valence-electron chi connectivity index (χ4n) is 3.83. The van der Waals surface area contributed by atoms with E-state index in [4.69, 9.17) is 4.74 Å². The van der Waals surface area contributed by atoms with Crippen molar-refractivity contribution in [1.82, 2.24) is 10.2 Å². The summed E-state index contributed by atoms with van der Waals surface area (Å²) in [5.41, 5.74) is 1.39. The van der Waals surface area contributed by atoms with Crippen molar-refractivity contribution >= 4 is 27.5 Å². The number of ether oxygens (including phenoxy) is 1. The van der Waals surface area contributed by atoms with Gasteiger partial charge in [0.05, 0.1) is 17.7 Å². The SMILES string of the molecule is CCNC(=O)[C@@H](C)N(Cc1ccccc1F)C(=O)CN(c1ccc(C)cc1)S(=O)(=O)c1ccc(OC)cc1. The van der Waals surface area contributed by atoms with Crippen molar-refractivity contribution in [3.8, 4) is 5.75 Å². The Labute approximate surface area is 223 Å². The van der Waals surface area contributed by atoms with E-state index in [0.717, 1.165) is 9.87 Å². The van der Waals surface area contributed by atoms with Crippen molar-refractivity contribution < 1.29 is 27.1 Å². The average Bonchev–Trinajstić information content (AvgIpc) is 2.91. The lowest BCUT2D eigenvalue weighted by Gasteiger charge is -2.32. The van der Waals surface area contributed by atoms with Gasteiger partial charge in [-0.05, 0) is 63.2 Å². The number of benzene rings is 3. The highest BCUT2D eigenvalue weighted by Crippen LogP contribution is 2.26. The number of carbonyl (C=O) groups is 2. The van der Waals surface area contributed by atoms with Gasteiger partial charge in [0.15, 0.2) is 0 Å². The van der Waals surface area contributed by atoms with Crippen LogP contribution < -0.4 is 14.4 Å². The van der Waals surface area contributed by atoms with Gasteiger partial charge in [0.25, 0.3) is 10.0 Å². The molecule has 0 fully saturated rings. The Morgan fingerprint density at radius 1 is 1.00 bits per heavy atom. The van der Waals surface area contributed by atoms with Gasteiger partial charge in [-0.1, -0.05) is 35.9 Å². The second kappa shape index (κ2) is 12.6. The van der Waals surface area contributed by atoms with E-state index in [1.165, 1.54) is 61.4 Å². The first-order chi connectivity index (χ1) is 18.1. The number of aryl methyl sites for hydroxylation is 1. The predicted molar refractivity (Wildman–Crippen MR) is 144 cm³/mol. The Bertz CT molecular complexity index is 1360. The number of likely N-dealkylation sites (N-methyl/N-ethyl adjacent to an activating group) is 1. The van der Waals surface area contributed by atoms with Crippen molar-refractivity contribution in [2.24, 2.45) is 0 Å². The molecule has 8 nitrogen and oxygen atoms in total. The number of halogens is 1. The van der Waals surface area contributed by atoms with Crippen molar-refractivity contribution in [3.05, 3.63) is 89.7 Å². The van der Waals surface area contributed by atoms with E-state index < -0.39 is 40.2 Å². The van der Waals surface area contributed by atoms with Gasteiger partial charge in [-0.3, -0.25) is 13.9 Å². The number of sulfonamides is 1. The number of hydrogen-bond acceptors (Lipinski definition) is 5. The zero-order valence-corrected chi connectivity index (χ0v) is 22.7. The topological polar surface area (TPSA) is 96.0 Å². The molecule has 1 atom stereocenters. The standard InChI is InChI=1S/C28H32FN3O5S/c1-5-30-28(34)21(3)31(18-22-8-6-7-9-26(22)29)27(33)19-32(23-12-10-20(2)11-13-23)38(35,36)25-16-14-24(37-4)15-17-25/h6-17,21H,5,18-19H2,1-4H3,(H,30,34)/t21-/m1/s1. The lowest BCUT2D eigenvalue weighted by atomic mass is 10.1. The summed E-state index contributed by atoms with van der Waals surface area (Å²) in [6, 6.07) is 17.5. The van der Waals surface area contributed by atoms with Crippen LogP contribution in [0.25, 0.3) is 0 Å². The molecule has 0 heterocycles. The summed E-state index contributed by atoms with van der Waals surface area (Å²) in [4.78, 5) is 27.6. The number of nitrogens with zero attached hydrogens (tertiary/aromatic N) is 2. The Hall–Kier alpha value is -3.92. The maximum atomic E-state index is 14.5. The van der Waals surface area contributed by atoms with Crippen LogP contribution in [0, 0.1) is 12.7 Å². The lowest BCUT2D eigenvalue weighted by molar-refractivity contribution is -0.139. The third-order valence-electron chi connectivity index (χ3n) is 6.07. The maximum absolute atomic E-state index is 14.5. The van der Waals surface area contributed by atoms with Crippen LogP contribution in [0.1, 0.15) is 25.0 Å². The molecule has 3 aromatic carbocycles. The summed E-state index contributed by atoms with van der Waals surface area (Å²) in [5, 5.41) is 2.67. The molecular weight excluding hydrogens is 509 g/mol. The van der Waals surface area contributed by atoms with Crippen molar-refractivity contribution in [1.29, 1.82) is 0 Å². The first-order valence-electron chi connectivity index (χ1n) is 12.1. The van der Waals surface area contributed by atoms with Crippen molar-refractivity contribution in [2.45, 2.75) is 38.3 Å². The van der Waals surface area contributed by atoms with Gasteiger partial charge >= 0.3 is 0 Å². The molecule has 0 radical (unpaired) electrons. The molecule has 1 N–H and O–H groups in total. The first kappa shape index (κ1) is 28.6. The molecule has 0 aliphatic heterocycles. The van der Waals surface area contributed by atoms with Gasteiger partial charge in [0.1, 0.15) is 24.2 Å². The molecule has 0 aliphatic rings. The van der Waals surface area contributed by atoms with Gasteiger partial charge in [0, 0.05) is 18.7 Å². The van der Waals surface area contributed by atoms with Crippen LogP contribution in [0.15, 0.2) is 77.7 Å². The predicted octanol–water partition coefficient (Wildman–Crippen LogP) is 3.89. The normalized spacial score (nSPS) is 11.9. The van der Waals surface area contributed by atoms with E-state index in [-0.39, 0.29) is 22.7 Å². The zero-order valence-electron chi connectivity index (χ0n) is 21.8. The highest BCUT2D eigenvalue weighted by Gasteiger charge is 2.32. The van der Waals surface area contributed by atoms with E-state index >= 15 is 0 Å². The number of carbonyl (C=O) groups excluding carboxylic acids is 2. The number of hydrogen-bond donors (Lipinski definition) is 1. The molecule has 0 aromatic heterocycles. The fraction of sp³-hybridized carbons (Fsp3) is 0.286. The minimum atomic E-state index is -4.20. The summed E-state index contributed by atoms with van der Waals surface area (Å²) in [6.07, 6.45) is 0. The molecule has 0 saturated carbocycles. The summed E-state index contributed by atoms with van der Waals surface area (Å²) in [7, 11) is -2.73. The Kier molecular flexibility index (Phi) is 9.46. The van der Waals surface area contributed by atoms with Crippen molar-refractivity contribution in [2.75, 3.05) is 24.5 Å². The van der Waals surface area contributed by atoms with Crippen molar-refractivity contribution in [3.63, 3.8) is 0 Å². The number of methoxy groups -OCH3 is 1. The second-order valence-corrected chi connectivity index (χ2v) is 10.6. The fourth-order valence-corrected chi connectivity index (χ4v) is 5.24. The molecule has 3 rings (SSSR count). The van der Waals surface area contributed by atoms with E-state index in [1.54, 1.807) is 37.3 Å². The van der Waals surface area contributed by atoms with Crippen LogP contribution in [0.2, 0.25) is 0 Å². The molecule has 202 valence electrons. The Morgan fingerprint density at radius 3 is 2.21 bits per heavy atom. The summed E-state index contributed by atoms with van der Waals surface area (Å²) < 4.78 is 48.2. The van der Waals surface area contributed by atoms with Crippen LogP contribution in [-0.4, -0.2) is 51.4 Å². The summed E-state index contributed by atoms with van der Waals surface area (Å²) in [6.45, 7) is 4.66. The van der Waals surface area contributed by atoms with Crippen LogP contribution in [0.3, 0.4) is 0 Å². The van der Waals surface area contributed by atoms with Crippen LogP contribution in [-0.2, 0) is 26.2 Å². The van der Waals surface area contributed by atoms with Crippen LogP contribution >= 0.6 is 0 Å². The number of rotatable bonds is 11. The summed E-state index contributed by atoms with van der Waals surface area (Å²) in [5.74, 6) is -1.15. The lowest BCUT2D eigenvalue weighted by Crippen LogP contribution is -2.51. The summed E-state index contributed by atoms with van der Waals surface area (Å²) >= 11 is 0. The average molecular weight is 542 g/mol. The molecule has 0 saturated heterocycles. The highest BCUT2D eigenvalue weighted by molar-refractivity contribution is 7.92. The number of nitrogens with one attached hydrogen (secondary N) is 1. The minimum absolute atomic E-state index is 0.0379. The smallest absolute Gasteiger partial charge is 0.264 e. The second-order valence-electron chi connectivity index (χ2n) is 8.71. The van der Waals surface area contributed by atoms with E-state index in [0.29, 0.717) is 12.3 Å². The highest BCUT2D eigenvalue weighted by atomic mass is 32.2. The molecule has 0 bridgehead atoms. The number of anilines is 1. The van der Waals surface area contributed by atoms with Gasteiger partial charge in [-0.25, -0.2) is 12.8 Å². The molecule has 38 heavy (non-hydrogen) atoms. The third-order valence-corrected chi connectivity index (χ3v) is 7.85. The van der Waals surface area contributed by atoms with Gasteiger partial charge in [0.2, 0.25) is 11.8 Å². The minimum Gasteiger partial charge on any atom is -0.497 e. The Morgan fingerprint density at radius 2 is 1.63 bits per heavy atom.